The minimum absolute atomic E-state index is 0.00877. The third kappa shape index (κ3) is 3.55. The Bertz CT molecular complexity index is 651. The highest BCUT2D eigenvalue weighted by Gasteiger charge is 2.22. The van der Waals surface area contributed by atoms with Gasteiger partial charge in [-0.25, -0.2) is 0 Å². The fraction of sp³-hybridized carbons (Fsp3) is 0.400. The highest BCUT2D eigenvalue weighted by Crippen LogP contribution is 2.32. The van der Waals surface area contributed by atoms with Crippen LogP contribution in [0.3, 0.4) is 0 Å². The van der Waals surface area contributed by atoms with Crippen molar-refractivity contribution in [1.82, 2.24) is 35.6 Å². The Morgan fingerprint density at radius 3 is 2.67 bits per heavy atom. The van der Waals surface area contributed by atoms with Crippen LogP contribution in [0.4, 0.5) is 0 Å². The molecule has 0 aromatic carbocycles. The van der Waals surface area contributed by atoms with Gasteiger partial charge in [0.25, 0.3) is 11.8 Å². The van der Waals surface area contributed by atoms with Crippen molar-refractivity contribution in [1.29, 1.82) is 0 Å². The first-order valence-electron chi connectivity index (χ1n) is 5.96. The summed E-state index contributed by atoms with van der Waals surface area (Å²) in [5.74, 6) is -0.678. The summed E-state index contributed by atoms with van der Waals surface area (Å²) in [5, 5.41) is 19.5. The molecule has 2 heterocycles. The van der Waals surface area contributed by atoms with Gasteiger partial charge < -0.3 is 10.6 Å². The van der Waals surface area contributed by atoms with Crippen molar-refractivity contribution in [3.8, 4) is 0 Å². The summed E-state index contributed by atoms with van der Waals surface area (Å²) in [6, 6.07) is -0.00877. The van der Waals surface area contributed by atoms with Crippen LogP contribution in [0.2, 0.25) is 0 Å². The zero-order chi connectivity index (χ0) is 15.4. The number of aromatic nitrogens is 5. The van der Waals surface area contributed by atoms with Crippen LogP contribution in [0.15, 0.2) is 9.24 Å². The molecular formula is C10H13N7O2S2. The molecule has 0 atom stereocenters. The van der Waals surface area contributed by atoms with E-state index in [1.807, 2.05) is 13.8 Å². The Morgan fingerprint density at radius 2 is 2.00 bits per heavy atom. The molecule has 2 aromatic rings. The molecule has 9 nitrogen and oxygen atoms in total. The first-order chi connectivity index (χ1) is 10.0. The number of carbonyl (C=O) groups excluding carboxylic acids is 2. The van der Waals surface area contributed by atoms with Crippen molar-refractivity contribution in [2.75, 3.05) is 7.05 Å². The summed E-state index contributed by atoms with van der Waals surface area (Å²) >= 11 is 2.18. The van der Waals surface area contributed by atoms with E-state index in [4.69, 9.17) is 0 Å². The van der Waals surface area contributed by atoms with E-state index in [2.05, 4.69) is 35.6 Å². The van der Waals surface area contributed by atoms with Crippen molar-refractivity contribution in [2.45, 2.75) is 29.1 Å². The molecule has 112 valence electrons. The summed E-state index contributed by atoms with van der Waals surface area (Å²) < 4.78 is 4.33. The molecule has 0 unspecified atom stereocenters. The monoisotopic (exact) mass is 327 g/mol. The second-order valence-corrected chi connectivity index (χ2v) is 6.21. The van der Waals surface area contributed by atoms with E-state index < -0.39 is 0 Å². The lowest BCUT2D eigenvalue weighted by molar-refractivity contribution is 0.0932. The van der Waals surface area contributed by atoms with Gasteiger partial charge in [0.2, 0.25) is 0 Å². The summed E-state index contributed by atoms with van der Waals surface area (Å²) in [4.78, 5) is 23.6. The molecule has 0 saturated heterocycles. The van der Waals surface area contributed by atoms with Gasteiger partial charge in [-0.1, -0.05) is 16.3 Å². The highest BCUT2D eigenvalue weighted by atomic mass is 32.2. The first kappa shape index (κ1) is 15.4. The average molecular weight is 327 g/mol. The maximum Gasteiger partial charge on any atom is 0.274 e. The van der Waals surface area contributed by atoms with Gasteiger partial charge in [-0.05, 0) is 25.4 Å². The molecule has 2 aromatic heterocycles. The second-order valence-electron chi connectivity index (χ2n) is 4.20. The number of amides is 2. The largest absolute Gasteiger partial charge is 0.354 e. The second kappa shape index (κ2) is 6.63. The Labute approximate surface area is 128 Å². The fourth-order valence-corrected chi connectivity index (χ4v) is 2.99. The van der Waals surface area contributed by atoms with Gasteiger partial charge in [-0.2, -0.15) is 5.21 Å². The van der Waals surface area contributed by atoms with Crippen LogP contribution in [0.5, 0.6) is 0 Å². The lowest BCUT2D eigenvalue weighted by Crippen LogP contribution is -2.30. The van der Waals surface area contributed by atoms with Crippen molar-refractivity contribution in [2.24, 2.45) is 0 Å². The van der Waals surface area contributed by atoms with Gasteiger partial charge in [0, 0.05) is 13.1 Å². The van der Waals surface area contributed by atoms with E-state index in [1.54, 1.807) is 0 Å². The van der Waals surface area contributed by atoms with E-state index in [0.717, 1.165) is 23.3 Å². The van der Waals surface area contributed by atoms with Crippen molar-refractivity contribution in [3.05, 3.63) is 11.4 Å². The molecule has 0 spiro atoms. The SMILES string of the molecule is CNC(=O)c1n[nH]nc1Sc1snnc1C(=O)NC(C)C. The number of hydrogen-bond acceptors (Lipinski definition) is 8. The van der Waals surface area contributed by atoms with Gasteiger partial charge in [0.1, 0.15) is 4.21 Å². The Hall–Kier alpha value is -2.01. The number of nitrogens with one attached hydrogen (secondary N) is 3. The minimum Gasteiger partial charge on any atom is -0.354 e. The van der Waals surface area contributed by atoms with Gasteiger partial charge in [-0.3, -0.25) is 9.59 Å². The third-order valence-electron chi connectivity index (χ3n) is 2.24. The fourth-order valence-electron chi connectivity index (χ4n) is 1.36. The summed E-state index contributed by atoms with van der Waals surface area (Å²) in [7, 11) is 1.50. The van der Waals surface area contributed by atoms with Crippen LogP contribution in [0.1, 0.15) is 34.8 Å². The van der Waals surface area contributed by atoms with Crippen LogP contribution in [0, 0.1) is 0 Å². The lowest BCUT2D eigenvalue weighted by atomic mass is 10.3. The van der Waals surface area contributed by atoms with E-state index in [0.29, 0.717) is 9.24 Å². The number of hydrogen-bond donors (Lipinski definition) is 3. The normalized spacial score (nSPS) is 10.7. The Morgan fingerprint density at radius 1 is 1.24 bits per heavy atom. The number of nitrogens with zero attached hydrogens (tertiary/aromatic N) is 4. The Kier molecular flexibility index (Phi) is 4.85. The molecule has 0 aliphatic heterocycles. The van der Waals surface area contributed by atoms with E-state index in [-0.39, 0.29) is 29.2 Å². The molecule has 2 amide bonds. The molecule has 2 rings (SSSR count). The molecule has 0 bridgehead atoms. The van der Waals surface area contributed by atoms with Crippen molar-refractivity contribution in [3.63, 3.8) is 0 Å². The maximum absolute atomic E-state index is 12.0. The predicted octanol–water partition coefficient (Wildman–Crippen LogP) is 0.305. The standard InChI is InChI=1S/C10H13N7O2S2/c1-4(2)12-8(19)6-10(21-17-14-6)20-9-5(7(18)11-3)13-16-15-9/h4H,1-3H3,(H,11,18)(H,12,19)(H,13,15,16). The topological polar surface area (TPSA) is 126 Å². The van der Waals surface area contributed by atoms with E-state index in [9.17, 15) is 9.59 Å². The smallest absolute Gasteiger partial charge is 0.274 e. The van der Waals surface area contributed by atoms with Crippen molar-refractivity contribution < 1.29 is 9.59 Å². The van der Waals surface area contributed by atoms with Gasteiger partial charge in [0.05, 0.1) is 0 Å². The summed E-state index contributed by atoms with van der Waals surface area (Å²) in [5.41, 5.74) is 0.371. The van der Waals surface area contributed by atoms with Crippen LogP contribution < -0.4 is 10.6 Å². The molecule has 0 aliphatic carbocycles. The predicted molar refractivity (Wildman–Crippen MR) is 76.4 cm³/mol. The molecule has 21 heavy (non-hydrogen) atoms. The van der Waals surface area contributed by atoms with Crippen LogP contribution in [-0.2, 0) is 0 Å². The molecular weight excluding hydrogens is 314 g/mol. The molecule has 3 N–H and O–H groups in total. The van der Waals surface area contributed by atoms with Crippen molar-refractivity contribution >= 4 is 35.1 Å². The highest BCUT2D eigenvalue weighted by molar-refractivity contribution is 8.01. The number of aromatic amines is 1. The average Bonchev–Trinajstić information content (AvgIpc) is 3.06. The van der Waals surface area contributed by atoms with Gasteiger partial charge in [-0.15, -0.1) is 15.3 Å². The van der Waals surface area contributed by atoms with Crippen LogP contribution >= 0.6 is 23.3 Å². The zero-order valence-electron chi connectivity index (χ0n) is 11.5. The van der Waals surface area contributed by atoms with E-state index >= 15 is 0 Å². The van der Waals surface area contributed by atoms with E-state index in [1.165, 1.54) is 7.05 Å². The number of carbonyl (C=O) groups is 2. The Balaban J connectivity index is 2.22. The van der Waals surface area contributed by atoms with Crippen LogP contribution in [0.25, 0.3) is 0 Å². The summed E-state index contributed by atoms with van der Waals surface area (Å²) in [6.45, 7) is 3.71. The van der Waals surface area contributed by atoms with Gasteiger partial charge in [0.15, 0.2) is 16.4 Å². The molecule has 0 fully saturated rings. The van der Waals surface area contributed by atoms with Crippen LogP contribution in [-0.4, -0.2) is 49.9 Å². The molecule has 0 aliphatic rings. The minimum atomic E-state index is -0.364. The van der Waals surface area contributed by atoms with Gasteiger partial charge >= 0.3 is 0 Å². The summed E-state index contributed by atoms with van der Waals surface area (Å²) in [6.07, 6.45) is 0. The molecule has 0 saturated carbocycles. The first-order valence-corrected chi connectivity index (χ1v) is 7.55. The third-order valence-corrected chi connectivity index (χ3v) is 4.09. The molecule has 0 radical (unpaired) electrons. The quantitative estimate of drug-likeness (QED) is 0.721. The lowest BCUT2D eigenvalue weighted by Gasteiger charge is -2.06. The zero-order valence-corrected chi connectivity index (χ0v) is 13.1. The maximum atomic E-state index is 12.0. The molecule has 11 heteroatoms. The number of H-pyrrole nitrogens is 1. The number of rotatable bonds is 5.